The number of rotatable bonds is 2. The molecule has 0 aliphatic heterocycles. The highest BCUT2D eigenvalue weighted by Crippen LogP contribution is 2.22. The predicted molar refractivity (Wildman–Crippen MR) is 68.3 cm³/mol. The van der Waals surface area contributed by atoms with Crippen LogP contribution in [0, 0.1) is 0 Å². The molecule has 0 saturated heterocycles. The van der Waals surface area contributed by atoms with E-state index in [-0.39, 0.29) is 0 Å². The molecule has 78 valence electrons. The summed E-state index contributed by atoms with van der Waals surface area (Å²) in [6, 6.07) is 4.04. The fourth-order valence-electron chi connectivity index (χ4n) is 1.26. The van der Waals surface area contributed by atoms with Crippen molar-refractivity contribution >= 4 is 24.0 Å². The summed E-state index contributed by atoms with van der Waals surface area (Å²) in [5.41, 5.74) is 1.17. The molecule has 0 spiro atoms. The van der Waals surface area contributed by atoms with Crippen molar-refractivity contribution in [2.24, 2.45) is 0 Å². The summed E-state index contributed by atoms with van der Waals surface area (Å²) in [5, 5.41) is 0. The smallest absolute Gasteiger partial charge is 0.114 e. The molecule has 2 rings (SSSR count). The Balaban J connectivity index is 2.37. The molecular formula is C11H14N2SSi. The van der Waals surface area contributed by atoms with Crippen LogP contribution in [0.3, 0.4) is 0 Å². The van der Waals surface area contributed by atoms with Crippen molar-refractivity contribution in [3.05, 3.63) is 30.7 Å². The third kappa shape index (κ3) is 2.33. The Morgan fingerprint density at radius 1 is 1.20 bits per heavy atom. The van der Waals surface area contributed by atoms with Gasteiger partial charge in [0.1, 0.15) is 8.07 Å². The summed E-state index contributed by atoms with van der Waals surface area (Å²) in [6.45, 7) is 6.95. The molecule has 2 heterocycles. The Bertz CT molecular complexity index is 445. The molecule has 0 atom stereocenters. The highest BCUT2D eigenvalue weighted by Gasteiger charge is 2.20. The molecule has 2 aromatic heterocycles. The molecule has 0 bridgehead atoms. The lowest BCUT2D eigenvalue weighted by atomic mass is 10.3. The molecule has 0 N–H and O–H groups in total. The Morgan fingerprint density at radius 2 is 2.00 bits per heavy atom. The normalized spacial score (nSPS) is 11.7. The number of aromatic nitrogens is 2. The monoisotopic (exact) mass is 234 g/mol. The number of nitrogens with zero attached hydrogens (tertiary/aromatic N) is 2. The second-order valence-corrected chi connectivity index (χ2v) is 10.9. The van der Waals surface area contributed by atoms with E-state index < -0.39 is 8.07 Å². The van der Waals surface area contributed by atoms with Gasteiger partial charge in [0.25, 0.3) is 0 Å². The zero-order valence-electron chi connectivity index (χ0n) is 9.19. The van der Waals surface area contributed by atoms with Gasteiger partial charge in [0.15, 0.2) is 0 Å². The van der Waals surface area contributed by atoms with Crippen LogP contribution in [0.2, 0.25) is 19.6 Å². The Hall–Kier alpha value is -1.00. The van der Waals surface area contributed by atoms with Crippen LogP contribution >= 0.6 is 11.3 Å². The van der Waals surface area contributed by atoms with E-state index in [1.54, 1.807) is 17.5 Å². The summed E-state index contributed by atoms with van der Waals surface area (Å²) in [6.07, 6.45) is 5.65. The molecule has 0 fully saturated rings. The first-order valence-corrected chi connectivity index (χ1v) is 9.26. The largest absolute Gasteiger partial charge is 0.264 e. The van der Waals surface area contributed by atoms with Crippen molar-refractivity contribution < 1.29 is 0 Å². The highest BCUT2D eigenvalue weighted by molar-refractivity contribution is 7.28. The Kier molecular flexibility index (Phi) is 2.71. The summed E-state index contributed by atoms with van der Waals surface area (Å²) in [4.78, 5) is 9.86. The Labute approximate surface area is 95.0 Å². The quantitative estimate of drug-likeness (QED) is 0.747. The lowest BCUT2D eigenvalue weighted by Crippen LogP contribution is -2.36. The maximum Gasteiger partial charge on any atom is 0.114 e. The topological polar surface area (TPSA) is 25.8 Å². The second kappa shape index (κ2) is 3.87. The minimum Gasteiger partial charge on any atom is -0.264 e. The fourth-order valence-corrected chi connectivity index (χ4v) is 3.93. The van der Waals surface area contributed by atoms with Crippen LogP contribution in [0.1, 0.15) is 0 Å². The van der Waals surface area contributed by atoms with Crippen LogP contribution in [0.25, 0.3) is 10.4 Å². The first-order chi connectivity index (χ1) is 7.07. The first-order valence-electron chi connectivity index (χ1n) is 4.94. The van der Waals surface area contributed by atoms with Gasteiger partial charge in [0.05, 0.1) is 9.51 Å². The number of hydrogen-bond donors (Lipinski definition) is 0. The summed E-state index contributed by atoms with van der Waals surface area (Å²) >= 11 is 1.80. The van der Waals surface area contributed by atoms with Crippen LogP contribution in [-0.2, 0) is 0 Å². The van der Waals surface area contributed by atoms with Gasteiger partial charge in [0, 0.05) is 24.2 Å². The van der Waals surface area contributed by atoms with E-state index in [1.807, 2.05) is 18.5 Å². The van der Waals surface area contributed by atoms with E-state index in [4.69, 9.17) is 0 Å². The van der Waals surface area contributed by atoms with Gasteiger partial charge in [-0.15, -0.1) is 11.3 Å². The Morgan fingerprint density at radius 3 is 2.53 bits per heavy atom. The molecule has 0 amide bonds. The number of thiazole rings is 1. The van der Waals surface area contributed by atoms with Crippen molar-refractivity contribution in [2.45, 2.75) is 19.6 Å². The molecule has 2 nitrogen and oxygen atoms in total. The lowest BCUT2D eigenvalue weighted by molar-refractivity contribution is 1.33. The molecule has 0 aliphatic rings. The SMILES string of the molecule is C[Si](C)(C)c1ncc(-c2cccnc2)s1. The van der Waals surface area contributed by atoms with E-state index in [0.29, 0.717) is 0 Å². The zero-order valence-corrected chi connectivity index (χ0v) is 11.0. The second-order valence-electron chi connectivity index (χ2n) is 4.52. The van der Waals surface area contributed by atoms with Gasteiger partial charge in [0.2, 0.25) is 0 Å². The molecule has 0 aromatic carbocycles. The van der Waals surface area contributed by atoms with E-state index in [9.17, 15) is 0 Å². The van der Waals surface area contributed by atoms with Crippen molar-refractivity contribution in [1.29, 1.82) is 0 Å². The summed E-state index contributed by atoms with van der Waals surface area (Å²) in [7, 11) is -1.26. The van der Waals surface area contributed by atoms with Crippen LogP contribution in [-0.4, -0.2) is 18.0 Å². The van der Waals surface area contributed by atoms with Gasteiger partial charge in [-0.05, 0) is 6.07 Å². The predicted octanol–water partition coefficient (Wildman–Crippen LogP) is 2.75. The van der Waals surface area contributed by atoms with Crippen LogP contribution < -0.4 is 4.63 Å². The van der Waals surface area contributed by atoms with E-state index in [2.05, 4.69) is 35.7 Å². The molecule has 4 heteroatoms. The third-order valence-corrected chi connectivity index (χ3v) is 6.51. The standard InChI is InChI=1S/C11H14N2SSi/c1-15(2,3)11-13-8-10(14-11)9-5-4-6-12-7-9/h4-8H,1-3H3. The average molecular weight is 234 g/mol. The maximum atomic E-state index is 4.52. The molecule has 0 unspecified atom stereocenters. The van der Waals surface area contributed by atoms with Crippen molar-refractivity contribution in [1.82, 2.24) is 9.97 Å². The minimum atomic E-state index is -1.26. The molecule has 0 radical (unpaired) electrons. The fraction of sp³-hybridized carbons (Fsp3) is 0.273. The maximum absolute atomic E-state index is 4.52. The highest BCUT2D eigenvalue weighted by atomic mass is 32.1. The lowest BCUT2D eigenvalue weighted by Gasteiger charge is -2.10. The van der Waals surface area contributed by atoms with Gasteiger partial charge in [-0.2, -0.15) is 0 Å². The number of hydrogen-bond acceptors (Lipinski definition) is 3. The van der Waals surface area contributed by atoms with Crippen LogP contribution in [0.4, 0.5) is 0 Å². The van der Waals surface area contributed by atoms with Crippen LogP contribution in [0.5, 0.6) is 0 Å². The third-order valence-electron chi connectivity index (χ3n) is 2.09. The van der Waals surface area contributed by atoms with E-state index >= 15 is 0 Å². The van der Waals surface area contributed by atoms with Gasteiger partial charge in [-0.1, -0.05) is 25.7 Å². The van der Waals surface area contributed by atoms with Gasteiger partial charge in [-0.25, -0.2) is 0 Å². The first kappa shape index (κ1) is 10.5. The van der Waals surface area contributed by atoms with E-state index in [0.717, 1.165) is 0 Å². The summed E-state index contributed by atoms with van der Waals surface area (Å²) < 4.78 is 1.31. The summed E-state index contributed by atoms with van der Waals surface area (Å²) in [5.74, 6) is 0. The van der Waals surface area contributed by atoms with Gasteiger partial charge >= 0.3 is 0 Å². The average Bonchev–Trinajstić information content (AvgIpc) is 2.67. The molecule has 0 saturated carbocycles. The van der Waals surface area contributed by atoms with Crippen molar-refractivity contribution in [3.63, 3.8) is 0 Å². The molecule has 0 aliphatic carbocycles. The van der Waals surface area contributed by atoms with E-state index in [1.165, 1.54) is 15.1 Å². The number of pyridine rings is 1. The molecular weight excluding hydrogens is 220 g/mol. The van der Waals surface area contributed by atoms with Gasteiger partial charge in [-0.3, -0.25) is 9.97 Å². The van der Waals surface area contributed by atoms with Crippen molar-refractivity contribution in [3.8, 4) is 10.4 Å². The molecule has 2 aromatic rings. The zero-order chi connectivity index (χ0) is 10.9. The molecule has 15 heavy (non-hydrogen) atoms. The van der Waals surface area contributed by atoms with Gasteiger partial charge < -0.3 is 0 Å². The van der Waals surface area contributed by atoms with Crippen LogP contribution in [0.15, 0.2) is 30.7 Å². The van der Waals surface area contributed by atoms with Crippen molar-refractivity contribution in [2.75, 3.05) is 0 Å². The minimum absolute atomic E-state index is 1.17.